The molecule has 0 saturated heterocycles. The first-order chi connectivity index (χ1) is 8.95. The van der Waals surface area contributed by atoms with Crippen LogP contribution in [0.4, 0.5) is 0 Å². The second-order valence-electron chi connectivity index (χ2n) is 5.63. The van der Waals surface area contributed by atoms with Crippen molar-refractivity contribution < 1.29 is 4.74 Å². The molecule has 0 aliphatic carbocycles. The topological polar surface area (TPSA) is 62.3 Å². The van der Waals surface area contributed by atoms with Crippen LogP contribution in [-0.4, -0.2) is 37.0 Å². The number of amidine groups is 1. The van der Waals surface area contributed by atoms with Crippen molar-refractivity contribution in [2.45, 2.75) is 26.4 Å². The van der Waals surface area contributed by atoms with Gasteiger partial charge in [0.05, 0.1) is 5.84 Å². The normalized spacial score (nSPS) is 19.1. The first-order valence-corrected chi connectivity index (χ1v) is 6.74. The van der Waals surface area contributed by atoms with Gasteiger partial charge in [-0.2, -0.15) is 0 Å². The zero-order valence-corrected chi connectivity index (χ0v) is 11.9. The Balaban J connectivity index is 1.88. The Morgan fingerprint density at radius 1 is 1.58 bits per heavy atom. The molecule has 104 valence electrons. The molecule has 3 N–H and O–H groups in total. The van der Waals surface area contributed by atoms with E-state index in [4.69, 9.17) is 15.9 Å². The van der Waals surface area contributed by atoms with E-state index in [0.717, 1.165) is 25.3 Å². The van der Waals surface area contributed by atoms with Crippen LogP contribution < -0.4 is 10.5 Å². The molecule has 1 aliphatic rings. The summed E-state index contributed by atoms with van der Waals surface area (Å²) in [5, 5.41) is 7.43. The Bertz CT molecular complexity index is 472. The number of rotatable bonds is 5. The van der Waals surface area contributed by atoms with Gasteiger partial charge >= 0.3 is 0 Å². The molecule has 0 aromatic heterocycles. The predicted octanol–water partition coefficient (Wildman–Crippen LogP) is 1.80. The number of hydrogen-bond donors (Lipinski definition) is 2. The van der Waals surface area contributed by atoms with Crippen LogP contribution in [0.1, 0.15) is 18.1 Å². The SMILES string of the molecule is Cc1ccc2c(c1)CC(CN(C)CC(C)C(=N)N)O2. The minimum atomic E-state index is 0.0935. The predicted molar refractivity (Wildman–Crippen MR) is 77.9 cm³/mol. The molecule has 2 atom stereocenters. The van der Waals surface area contributed by atoms with Gasteiger partial charge in [-0.1, -0.05) is 24.6 Å². The van der Waals surface area contributed by atoms with Crippen LogP contribution in [0.2, 0.25) is 0 Å². The second-order valence-corrected chi connectivity index (χ2v) is 5.63. The highest BCUT2D eigenvalue weighted by Crippen LogP contribution is 2.29. The van der Waals surface area contributed by atoms with Crippen molar-refractivity contribution in [3.05, 3.63) is 29.3 Å². The van der Waals surface area contributed by atoms with Gasteiger partial charge in [0.15, 0.2) is 0 Å². The summed E-state index contributed by atoms with van der Waals surface area (Å²) in [4.78, 5) is 2.19. The van der Waals surface area contributed by atoms with Crippen molar-refractivity contribution in [1.29, 1.82) is 5.41 Å². The van der Waals surface area contributed by atoms with Gasteiger partial charge in [0.25, 0.3) is 0 Å². The third-order valence-corrected chi connectivity index (χ3v) is 3.59. The molecule has 0 bridgehead atoms. The lowest BCUT2D eigenvalue weighted by atomic mass is 10.1. The zero-order valence-electron chi connectivity index (χ0n) is 11.9. The van der Waals surface area contributed by atoms with Gasteiger partial charge in [0.2, 0.25) is 0 Å². The minimum Gasteiger partial charge on any atom is -0.488 e. The van der Waals surface area contributed by atoms with E-state index in [1.165, 1.54) is 11.1 Å². The molecule has 4 nitrogen and oxygen atoms in total. The quantitative estimate of drug-likeness (QED) is 0.627. The highest BCUT2D eigenvalue weighted by Gasteiger charge is 2.24. The molecule has 0 amide bonds. The number of benzene rings is 1. The van der Waals surface area contributed by atoms with Gasteiger partial charge in [-0.3, -0.25) is 5.41 Å². The van der Waals surface area contributed by atoms with Gasteiger partial charge in [0, 0.05) is 25.4 Å². The lowest BCUT2D eigenvalue weighted by Gasteiger charge is -2.23. The van der Waals surface area contributed by atoms with E-state index in [1.54, 1.807) is 0 Å². The second kappa shape index (κ2) is 5.61. The number of fused-ring (bicyclic) bond motifs is 1. The van der Waals surface area contributed by atoms with Crippen molar-refractivity contribution in [1.82, 2.24) is 4.90 Å². The van der Waals surface area contributed by atoms with Gasteiger partial charge in [0.1, 0.15) is 11.9 Å². The fraction of sp³-hybridized carbons (Fsp3) is 0.533. The Morgan fingerprint density at radius 3 is 3.00 bits per heavy atom. The largest absolute Gasteiger partial charge is 0.488 e. The number of ether oxygens (including phenoxy) is 1. The average molecular weight is 261 g/mol. The molecular formula is C15H23N3O. The van der Waals surface area contributed by atoms with E-state index >= 15 is 0 Å². The van der Waals surface area contributed by atoms with Crippen LogP contribution >= 0.6 is 0 Å². The van der Waals surface area contributed by atoms with E-state index < -0.39 is 0 Å². The van der Waals surface area contributed by atoms with Crippen molar-refractivity contribution in [2.75, 3.05) is 20.1 Å². The Hall–Kier alpha value is -1.55. The van der Waals surface area contributed by atoms with Crippen molar-refractivity contribution in [2.24, 2.45) is 11.7 Å². The highest BCUT2D eigenvalue weighted by atomic mass is 16.5. The molecule has 1 heterocycles. The number of likely N-dealkylation sites (N-methyl/N-ethyl adjacent to an activating group) is 1. The molecule has 2 unspecified atom stereocenters. The molecule has 19 heavy (non-hydrogen) atoms. The maximum atomic E-state index is 7.43. The van der Waals surface area contributed by atoms with Gasteiger partial charge in [-0.15, -0.1) is 0 Å². The fourth-order valence-corrected chi connectivity index (χ4v) is 2.54. The van der Waals surface area contributed by atoms with Crippen LogP contribution in [0, 0.1) is 18.3 Å². The maximum Gasteiger partial charge on any atom is 0.123 e. The van der Waals surface area contributed by atoms with Gasteiger partial charge in [-0.05, 0) is 25.6 Å². The van der Waals surface area contributed by atoms with Crippen molar-refractivity contribution >= 4 is 5.84 Å². The smallest absolute Gasteiger partial charge is 0.123 e. The standard InChI is InChI=1S/C15H23N3O/c1-10-4-5-14-12(6-10)7-13(19-14)9-18(3)8-11(2)15(16)17/h4-6,11,13H,7-9H2,1-3H3,(H3,16,17). The lowest BCUT2D eigenvalue weighted by Crippen LogP contribution is -2.37. The minimum absolute atomic E-state index is 0.0935. The average Bonchev–Trinajstić information content (AvgIpc) is 2.69. The molecule has 1 aromatic rings. The van der Waals surface area contributed by atoms with E-state index in [-0.39, 0.29) is 17.9 Å². The Kier molecular flexibility index (Phi) is 4.10. The van der Waals surface area contributed by atoms with Crippen molar-refractivity contribution in [3.8, 4) is 5.75 Å². The summed E-state index contributed by atoms with van der Waals surface area (Å²) in [6, 6.07) is 6.35. The summed E-state index contributed by atoms with van der Waals surface area (Å²) in [7, 11) is 2.05. The highest BCUT2D eigenvalue weighted by molar-refractivity contribution is 5.79. The lowest BCUT2D eigenvalue weighted by molar-refractivity contribution is 0.164. The summed E-state index contributed by atoms with van der Waals surface area (Å²) >= 11 is 0. The summed E-state index contributed by atoms with van der Waals surface area (Å²) < 4.78 is 5.95. The molecule has 1 aliphatic heterocycles. The van der Waals surface area contributed by atoms with Gasteiger partial charge < -0.3 is 15.4 Å². The molecule has 0 radical (unpaired) electrons. The molecular weight excluding hydrogens is 238 g/mol. The monoisotopic (exact) mass is 261 g/mol. The first kappa shape index (κ1) is 13.9. The molecule has 0 spiro atoms. The summed E-state index contributed by atoms with van der Waals surface area (Å²) in [6.07, 6.45) is 1.18. The molecule has 2 rings (SSSR count). The van der Waals surface area contributed by atoms with E-state index in [1.807, 2.05) is 6.92 Å². The summed E-state index contributed by atoms with van der Waals surface area (Å²) in [5.74, 6) is 1.36. The maximum absolute atomic E-state index is 7.43. The third-order valence-electron chi connectivity index (χ3n) is 3.59. The molecule has 0 saturated carbocycles. The van der Waals surface area contributed by atoms with E-state index in [0.29, 0.717) is 0 Å². The number of hydrogen-bond acceptors (Lipinski definition) is 3. The van der Waals surface area contributed by atoms with Crippen LogP contribution in [0.15, 0.2) is 18.2 Å². The van der Waals surface area contributed by atoms with Gasteiger partial charge in [-0.25, -0.2) is 0 Å². The number of aryl methyl sites for hydroxylation is 1. The number of nitrogens with one attached hydrogen (secondary N) is 1. The third kappa shape index (κ3) is 3.47. The Labute approximate surface area is 115 Å². The number of nitrogens with two attached hydrogens (primary N) is 1. The van der Waals surface area contributed by atoms with E-state index in [9.17, 15) is 0 Å². The summed E-state index contributed by atoms with van der Waals surface area (Å²) in [6.45, 7) is 5.75. The van der Waals surface area contributed by atoms with Crippen LogP contribution in [0.5, 0.6) is 5.75 Å². The van der Waals surface area contributed by atoms with E-state index in [2.05, 4.69) is 37.1 Å². The van der Waals surface area contributed by atoms with Crippen LogP contribution in [-0.2, 0) is 6.42 Å². The first-order valence-electron chi connectivity index (χ1n) is 6.74. The van der Waals surface area contributed by atoms with Crippen LogP contribution in [0.25, 0.3) is 0 Å². The van der Waals surface area contributed by atoms with Crippen molar-refractivity contribution in [3.63, 3.8) is 0 Å². The molecule has 0 fully saturated rings. The van der Waals surface area contributed by atoms with Crippen LogP contribution in [0.3, 0.4) is 0 Å². The summed E-state index contributed by atoms with van der Waals surface area (Å²) in [5.41, 5.74) is 8.09. The molecule has 4 heteroatoms. The fourth-order valence-electron chi connectivity index (χ4n) is 2.54. The Morgan fingerprint density at radius 2 is 2.32 bits per heavy atom. The molecule has 1 aromatic carbocycles. The zero-order chi connectivity index (χ0) is 14.0. The number of nitrogens with zero attached hydrogens (tertiary/aromatic N) is 1.